The number of hydrogen-bond donors (Lipinski definition) is 1. The van der Waals surface area contributed by atoms with Crippen molar-refractivity contribution >= 4 is 0 Å². The van der Waals surface area contributed by atoms with Gasteiger partial charge in [-0.3, -0.25) is 0 Å². The Hall–Kier alpha value is -2.69. The molecule has 0 saturated heterocycles. The number of hydrogen-bond acceptors (Lipinski definition) is 4. The molecule has 0 fully saturated rings. The van der Waals surface area contributed by atoms with Crippen molar-refractivity contribution in [1.82, 2.24) is 20.0 Å². The maximum absolute atomic E-state index is 9.43. The summed E-state index contributed by atoms with van der Waals surface area (Å²) in [5.41, 5.74) is 1.51. The van der Waals surface area contributed by atoms with Crippen LogP contribution >= 0.6 is 0 Å². The first kappa shape index (κ1) is 10.5. The molecule has 18 heavy (non-hydrogen) atoms. The Balaban J connectivity index is 2.00. The Bertz CT molecular complexity index is 664. The molecule has 5 heteroatoms. The van der Waals surface area contributed by atoms with Crippen LogP contribution < -0.4 is 0 Å². The molecule has 2 heterocycles. The number of aromatic nitrogens is 4. The van der Waals surface area contributed by atoms with Crippen LogP contribution in [-0.2, 0) is 0 Å². The van der Waals surface area contributed by atoms with Crippen LogP contribution in [0.1, 0.15) is 0 Å². The van der Waals surface area contributed by atoms with Crippen molar-refractivity contribution in [3.63, 3.8) is 0 Å². The lowest BCUT2D eigenvalue weighted by Crippen LogP contribution is -1.96. The maximum atomic E-state index is 9.43. The summed E-state index contributed by atoms with van der Waals surface area (Å²) >= 11 is 0. The molecule has 3 aromatic rings. The van der Waals surface area contributed by atoms with E-state index in [-0.39, 0.29) is 5.75 Å². The molecule has 0 unspecified atom stereocenters. The Kier molecular flexibility index (Phi) is 2.49. The zero-order valence-electron chi connectivity index (χ0n) is 9.43. The first-order chi connectivity index (χ1) is 8.83. The summed E-state index contributed by atoms with van der Waals surface area (Å²) in [6.45, 7) is 0. The quantitative estimate of drug-likeness (QED) is 0.742. The Morgan fingerprint density at radius 2 is 2.00 bits per heavy atom. The number of rotatable bonds is 2. The SMILES string of the molecule is Oc1cccc(-c2cn(-c3ccccn3)nn2)c1. The largest absolute Gasteiger partial charge is 0.508 e. The van der Waals surface area contributed by atoms with Crippen molar-refractivity contribution in [2.45, 2.75) is 0 Å². The van der Waals surface area contributed by atoms with E-state index in [1.807, 2.05) is 24.3 Å². The minimum Gasteiger partial charge on any atom is -0.508 e. The van der Waals surface area contributed by atoms with Gasteiger partial charge in [0.2, 0.25) is 0 Å². The molecule has 0 saturated carbocycles. The second-order valence-electron chi connectivity index (χ2n) is 3.79. The number of benzene rings is 1. The minimum atomic E-state index is 0.208. The first-order valence-corrected chi connectivity index (χ1v) is 5.46. The van der Waals surface area contributed by atoms with Crippen LogP contribution in [0.3, 0.4) is 0 Å². The van der Waals surface area contributed by atoms with E-state index in [1.165, 1.54) is 0 Å². The highest BCUT2D eigenvalue weighted by Crippen LogP contribution is 2.21. The predicted octanol–water partition coefficient (Wildman–Crippen LogP) is 2.03. The fourth-order valence-electron chi connectivity index (χ4n) is 1.66. The molecule has 5 nitrogen and oxygen atoms in total. The predicted molar refractivity (Wildman–Crippen MR) is 66.3 cm³/mol. The van der Waals surface area contributed by atoms with Gasteiger partial charge in [-0.2, -0.15) is 0 Å². The van der Waals surface area contributed by atoms with Gasteiger partial charge in [-0.05, 0) is 24.3 Å². The molecule has 0 bridgehead atoms. The standard InChI is InChI=1S/C13H10N4O/c18-11-5-3-4-10(8-11)12-9-17(16-15-12)13-6-1-2-7-14-13/h1-9,18H. The van der Waals surface area contributed by atoms with Gasteiger partial charge in [-0.15, -0.1) is 5.10 Å². The van der Waals surface area contributed by atoms with Gasteiger partial charge in [0.15, 0.2) is 5.82 Å². The monoisotopic (exact) mass is 238 g/mol. The fraction of sp³-hybridized carbons (Fsp3) is 0. The average molecular weight is 238 g/mol. The van der Waals surface area contributed by atoms with E-state index in [2.05, 4.69) is 15.3 Å². The molecule has 0 aliphatic rings. The molecule has 1 aromatic carbocycles. The molecule has 0 radical (unpaired) electrons. The number of nitrogens with zero attached hydrogens (tertiary/aromatic N) is 4. The summed E-state index contributed by atoms with van der Waals surface area (Å²) in [6, 6.07) is 12.5. The third kappa shape index (κ3) is 1.93. The highest BCUT2D eigenvalue weighted by Gasteiger charge is 2.06. The summed E-state index contributed by atoms with van der Waals surface area (Å²) in [7, 11) is 0. The third-order valence-electron chi connectivity index (χ3n) is 2.52. The van der Waals surface area contributed by atoms with Gasteiger partial charge >= 0.3 is 0 Å². The molecule has 2 aromatic heterocycles. The first-order valence-electron chi connectivity index (χ1n) is 5.46. The van der Waals surface area contributed by atoms with Gasteiger partial charge in [0.1, 0.15) is 11.4 Å². The van der Waals surface area contributed by atoms with Crippen molar-refractivity contribution in [2.75, 3.05) is 0 Å². The molecule has 0 spiro atoms. The number of phenols is 1. The molecular weight excluding hydrogens is 228 g/mol. The van der Waals surface area contributed by atoms with Gasteiger partial charge in [-0.25, -0.2) is 9.67 Å². The summed E-state index contributed by atoms with van der Waals surface area (Å²) in [5.74, 6) is 0.913. The molecule has 88 valence electrons. The lowest BCUT2D eigenvalue weighted by Gasteiger charge is -1.97. The van der Waals surface area contributed by atoms with E-state index < -0.39 is 0 Å². The summed E-state index contributed by atoms with van der Waals surface area (Å²) in [5, 5.41) is 17.5. The van der Waals surface area contributed by atoms with E-state index >= 15 is 0 Å². The van der Waals surface area contributed by atoms with Crippen molar-refractivity contribution in [3.8, 4) is 22.8 Å². The Labute approximate surface area is 103 Å². The highest BCUT2D eigenvalue weighted by atomic mass is 16.3. The third-order valence-corrected chi connectivity index (χ3v) is 2.52. The summed E-state index contributed by atoms with van der Waals surface area (Å²) < 4.78 is 1.60. The van der Waals surface area contributed by atoms with Gasteiger partial charge < -0.3 is 5.11 Å². The van der Waals surface area contributed by atoms with Crippen molar-refractivity contribution in [3.05, 3.63) is 54.9 Å². The van der Waals surface area contributed by atoms with Crippen LogP contribution in [0.4, 0.5) is 0 Å². The van der Waals surface area contributed by atoms with Gasteiger partial charge in [-0.1, -0.05) is 23.4 Å². The maximum Gasteiger partial charge on any atom is 0.155 e. The topological polar surface area (TPSA) is 63.8 Å². The molecule has 0 aliphatic heterocycles. The molecule has 1 N–H and O–H groups in total. The van der Waals surface area contributed by atoms with E-state index in [0.717, 1.165) is 5.56 Å². The molecule has 3 rings (SSSR count). The molecule has 0 amide bonds. The zero-order valence-corrected chi connectivity index (χ0v) is 9.43. The summed E-state index contributed by atoms with van der Waals surface area (Å²) in [4.78, 5) is 4.18. The van der Waals surface area contributed by atoms with Crippen molar-refractivity contribution in [2.24, 2.45) is 0 Å². The number of pyridine rings is 1. The smallest absolute Gasteiger partial charge is 0.155 e. The van der Waals surface area contributed by atoms with Gasteiger partial charge in [0, 0.05) is 11.8 Å². The summed E-state index contributed by atoms with van der Waals surface area (Å²) in [6.07, 6.45) is 3.47. The Morgan fingerprint density at radius 1 is 1.06 bits per heavy atom. The van der Waals surface area contributed by atoms with E-state index in [4.69, 9.17) is 0 Å². The lowest BCUT2D eigenvalue weighted by molar-refractivity contribution is 0.475. The van der Waals surface area contributed by atoms with Gasteiger partial charge in [0.05, 0.1) is 6.20 Å². The van der Waals surface area contributed by atoms with Crippen molar-refractivity contribution < 1.29 is 5.11 Å². The van der Waals surface area contributed by atoms with Crippen LogP contribution in [0.15, 0.2) is 54.9 Å². The van der Waals surface area contributed by atoms with E-state index in [9.17, 15) is 5.11 Å². The molecule has 0 aliphatic carbocycles. The number of phenolic OH excluding ortho intramolecular Hbond substituents is 1. The van der Waals surface area contributed by atoms with E-state index in [1.54, 1.807) is 35.3 Å². The second kappa shape index (κ2) is 4.29. The molecule has 0 atom stereocenters. The Morgan fingerprint density at radius 3 is 2.78 bits per heavy atom. The van der Waals surface area contributed by atoms with Crippen molar-refractivity contribution in [1.29, 1.82) is 0 Å². The minimum absolute atomic E-state index is 0.208. The molecular formula is C13H10N4O. The lowest BCUT2D eigenvalue weighted by atomic mass is 10.1. The average Bonchev–Trinajstić information content (AvgIpc) is 2.89. The van der Waals surface area contributed by atoms with Crippen LogP contribution in [0, 0.1) is 0 Å². The van der Waals surface area contributed by atoms with Crippen LogP contribution in [0.25, 0.3) is 17.1 Å². The van der Waals surface area contributed by atoms with Crippen LogP contribution in [0.5, 0.6) is 5.75 Å². The van der Waals surface area contributed by atoms with Crippen LogP contribution in [-0.4, -0.2) is 25.1 Å². The van der Waals surface area contributed by atoms with E-state index in [0.29, 0.717) is 11.5 Å². The number of aromatic hydroxyl groups is 1. The fourth-order valence-corrected chi connectivity index (χ4v) is 1.66. The van der Waals surface area contributed by atoms with Crippen LogP contribution in [0.2, 0.25) is 0 Å². The normalized spacial score (nSPS) is 10.4. The zero-order chi connectivity index (χ0) is 12.4. The second-order valence-corrected chi connectivity index (χ2v) is 3.79. The van der Waals surface area contributed by atoms with Gasteiger partial charge in [0.25, 0.3) is 0 Å². The highest BCUT2D eigenvalue weighted by molar-refractivity contribution is 5.60.